The second kappa shape index (κ2) is 5.57. The lowest BCUT2D eigenvalue weighted by atomic mass is 10.1. The number of nitrogens with zero attached hydrogens (tertiary/aromatic N) is 1. The summed E-state index contributed by atoms with van der Waals surface area (Å²) in [6, 6.07) is 6.32. The van der Waals surface area contributed by atoms with Gasteiger partial charge in [-0.05, 0) is 44.4 Å². The fourth-order valence-corrected chi connectivity index (χ4v) is 3.81. The number of methoxy groups -OCH3 is 1. The molecular formula is C18H19Cl2NO3. The van der Waals surface area contributed by atoms with E-state index >= 15 is 0 Å². The average molecular weight is 368 g/mol. The van der Waals surface area contributed by atoms with Crippen LogP contribution in [0, 0.1) is 12.8 Å². The zero-order valence-corrected chi connectivity index (χ0v) is 15.2. The maximum absolute atomic E-state index is 12.7. The maximum atomic E-state index is 12.7. The molecule has 2 aromatic rings. The summed E-state index contributed by atoms with van der Waals surface area (Å²) >= 11 is 12.0. The molecule has 0 radical (unpaired) electrons. The third-order valence-corrected chi connectivity index (χ3v) is 5.87. The molecule has 24 heavy (non-hydrogen) atoms. The minimum atomic E-state index is -0.736. The predicted molar refractivity (Wildman–Crippen MR) is 94.3 cm³/mol. The van der Waals surface area contributed by atoms with Crippen molar-refractivity contribution < 1.29 is 14.3 Å². The van der Waals surface area contributed by atoms with Gasteiger partial charge in [-0.2, -0.15) is 0 Å². The lowest BCUT2D eigenvalue weighted by molar-refractivity contribution is 0.0486. The Morgan fingerprint density at radius 2 is 2.08 bits per heavy atom. The summed E-state index contributed by atoms with van der Waals surface area (Å²) in [5, 5.41) is 0.877. The molecule has 0 aliphatic heterocycles. The van der Waals surface area contributed by atoms with Gasteiger partial charge in [-0.1, -0.05) is 0 Å². The molecule has 1 unspecified atom stereocenters. The highest BCUT2D eigenvalue weighted by Crippen LogP contribution is 2.53. The fraction of sp³-hybridized carbons (Fsp3) is 0.500. The standard InChI is InChI=1S/C18H19Cl2NO3/c1-10-16(17(22)24-9-11-8-18(11,19)20)14-7-13(23-2)5-6-15(14)21(10)12-3-4-12/h5-7,11-12H,3-4,8-9H2,1-2H3. The van der Waals surface area contributed by atoms with Gasteiger partial charge in [-0.3, -0.25) is 0 Å². The van der Waals surface area contributed by atoms with Crippen molar-refractivity contribution >= 4 is 40.1 Å². The van der Waals surface area contributed by atoms with Gasteiger partial charge in [0.25, 0.3) is 0 Å². The van der Waals surface area contributed by atoms with E-state index in [4.69, 9.17) is 32.7 Å². The van der Waals surface area contributed by atoms with Crippen LogP contribution in [0.2, 0.25) is 0 Å². The van der Waals surface area contributed by atoms with Crippen molar-refractivity contribution in [2.45, 2.75) is 36.6 Å². The van der Waals surface area contributed by atoms with Crippen molar-refractivity contribution in [3.63, 3.8) is 0 Å². The minimum Gasteiger partial charge on any atom is -0.497 e. The molecule has 0 amide bonds. The van der Waals surface area contributed by atoms with E-state index < -0.39 is 4.33 Å². The second-order valence-electron chi connectivity index (χ2n) is 6.71. The zero-order valence-electron chi connectivity index (χ0n) is 13.6. The van der Waals surface area contributed by atoms with Gasteiger partial charge in [0.15, 0.2) is 0 Å². The largest absolute Gasteiger partial charge is 0.497 e. The van der Waals surface area contributed by atoms with Crippen LogP contribution in [0.15, 0.2) is 18.2 Å². The number of hydrogen-bond donors (Lipinski definition) is 0. The minimum absolute atomic E-state index is 0.0245. The molecule has 1 atom stereocenters. The topological polar surface area (TPSA) is 40.5 Å². The van der Waals surface area contributed by atoms with Crippen molar-refractivity contribution in [1.82, 2.24) is 4.57 Å². The Bertz CT molecular complexity index is 823. The Kier molecular flexibility index (Phi) is 3.73. The Hall–Kier alpha value is -1.39. The number of rotatable bonds is 5. The van der Waals surface area contributed by atoms with Crippen LogP contribution in [0.5, 0.6) is 5.75 Å². The molecule has 6 heteroatoms. The molecule has 2 fully saturated rings. The van der Waals surface area contributed by atoms with Crippen LogP contribution in [-0.4, -0.2) is 28.6 Å². The van der Waals surface area contributed by atoms with Crippen LogP contribution in [0.3, 0.4) is 0 Å². The molecule has 1 aromatic carbocycles. The van der Waals surface area contributed by atoms with Crippen molar-refractivity contribution in [3.8, 4) is 5.75 Å². The third-order valence-electron chi connectivity index (χ3n) is 4.94. The highest BCUT2D eigenvalue weighted by molar-refractivity contribution is 6.50. The summed E-state index contributed by atoms with van der Waals surface area (Å²) in [5.74, 6) is 0.435. The van der Waals surface area contributed by atoms with Gasteiger partial charge in [0, 0.05) is 28.6 Å². The first-order chi connectivity index (χ1) is 11.4. The molecule has 0 saturated heterocycles. The van der Waals surface area contributed by atoms with Gasteiger partial charge < -0.3 is 14.0 Å². The number of hydrogen-bond acceptors (Lipinski definition) is 3. The molecule has 2 aliphatic rings. The normalized spacial score (nSPS) is 21.8. The van der Waals surface area contributed by atoms with E-state index in [1.807, 2.05) is 25.1 Å². The number of alkyl halides is 2. The number of ether oxygens (including phenoxy) is 2. The van der Waals surface area contributed by atoms with Crippen molar-refractivity contribution in [2.24, 2.45) is 5.92 Å². The predicted octanol–water partition coefficient (Wildman–Crippen LogP) is 4.64. The third kappa shape index (κ3) is 2.66. The summed E-state index contributed by atoms with van der Waals surface area (Å²) in [5.41, 5.74) is 2.62. The van der Waals surface area contributed by atoms with Crippen LogP contribution < -0.4 is 4.74 Å². The molecule has 1 heterocycles. The molecule has 4 rings (SSSR count). The fourth-order valence-electron chi connectivity index (χ4n) is 3.31. The van der Waals surface area contributed by atoms with E-state index in [0.29, 0.717) is 18.0 Å². The van der Waals surface area contributed by atoms with Gasteiger partial charge in [-0.25, -0.2) is 4.79 Å². The SMILES string of the molecule is COc1ccc2c(c1)c(C(=O)OCC1CC1(Cl)Cl)c(C)n2C1CC1. The molecule has 1 aromatic heterocycles. The summed E-state index contributed by atoms with van der Waals surface area (Å²) in [6.45, 7) is 2.23. The molecule has 4 nitrogen and oxygen atoms in total. The Morgan fingerprint density at radius 1 is 1.38 bits per heavy atom. The number of carbonyl (C=O) groups is 1. The monoisotopic (exact) mass is 367 g/mol. The van der Waals surface area contributed by atoms with E-state index in [0.717, 1.165) is 35.2 Å². The van der Waals surface area contributed by atoms with Crippen LogP contribution >= 0.6 is 23.2 Å². The van der Waals surface area contributed by atoms with E-state index in [1.54, 1.807) is 7.11 Å². The van der Waals surface area contributed by atoms with E-state index in [-0.39, 0.29) is 18.5 Å². The molecule has 0 N–H and O–H groups in total. The van der Waals surface area contributed by atoms with E-state index in [2.05, 4.69) is 4.57 Å². The van der Waals surface area contributed by atoms with Crippen molar-refractivity contribution in [2.75, 3.05) is 13.7 Å². The van der Waals surface area contributed by atoms with Gasteiger partial charge in [0.1, 0.15) is 10.1 Å². The molecule has 0 spiro atoms. The van der Waals surface area contributed by atoms with Gasteiger partial charge >= 0.3 is 5.97 Å². The highest BCUT2D eigenvalue weighted by atomic mass is 35.5. The van der Waals surface area contributed by atoms with E-state index in [9.17, 15) is 4.79 Å². The summed E-state index contributed by atoms with van der Waals surface area (Å²) in [4.78, 5) is 12.7. The summed E-state index contributed by atoms with van der Waals surface area (Å²) in [6.07, 6.45) is 2.96. The first-order valence-electron chi connectivity index (χ1n) is 8.16. The van der Waals surface area contributed by atoms with Crippen molar-refractivity contribution in [1.29, 1.82) is 0 Å². The van der Waals surface area contributed by atoms with E-state index in [1.165, 1.54) is 0 Å². The first kappa shape index (κ1) is 16.1. The second-order valence-corrected chi connectivity index (χ2v) is 8.25. The van der Waals surface area contributed by atoms with Crippen LogP contribution in [-0.2, 0) is 4.74 Å². The molecular weight excluding hydrogens is 349 g/mol. The number of benzene rings is 1. The Labute approximate surface area is 150 Å². The summed E-state index contributed by atoms with van der Waals surface area (Å²) in [7, 11) is 1.62. The first-order valence-corrected chi connectivity index (χ1v) is 8.91. The van der Waals surface area contributed by atoms with Gasteiger partial charge in [0.05, 0.1) is 19.3 Å². The van der Waals surface area contributed by atoms with Crippen LogP contribution in [0.25, 0.3) is 10.9 Å². The molecule has 2 aliphatic carbocycles. The Balaban J connectivity index is 1.70. The summed E-state index contributed by atoms with van der Waals surface area (Å²) < 4.78 is 12.3. The number of aromatic nitrogens is 1. The molecule has 0 bridgehead atoms. The Morgan fingerprint density at radius 3 is 2.67 bits per heavy atom. The quantitative estimate of drug-likeness (QED) is 0.570. The molecule has 2 saturated carbocycles. The maximum Gasteiger partial charge on any atom is 0.340 e. The highest BCUT2D eigenvalue weighted by Gasteiger charge is 2.52. The zero-order chi connectivity index (χ0) is 17.1. The van der Waals surface area contributed by atoms with Crippen molar-refractivity contribution in [3.05, 3.63) is 29.5 Å². The van der Waals surface area contributed by atoms with Crippen LogP contribution in [0.1, 0.15) is 41.4 Å². The number of fused-ring (bicyclic) bond motifs is 1. The number of carbonyl (C=O) groups excluding carboxylic acids is 1. The van der Waals surface area contributed by atoms with Gasteiger partial charge in [0.2, 0.25) is 0 Å². The smallest absolute Gasteiger partial charge is 0.340 e. The van der Waals surface area contributed by atoms with Gasteiger partial charge in [-0.15, -0.1) is 23.2 Å². The number of esters is 1. The lowest BCUT2D eigenvalue weighted by Crippen LogP contribution is -2.11. The van der Waals surface area contributed by atoms with Crippen LogP contribution in [0.4, 0.5) is 0 Å². The molecule has 128 valence electrons. The lowest BCUT2D eigenvalue weighted by Gasteiger charge is -2.07. The average Bonchev–Trinajstić information content (AvgIpc) is 3.44. The number of halogens is 2.